The molecule has 2 aromatic carbocycles. The number of amides is 1. The molecule has 1 heterocycles. The van der Waals surface area contributed by atoms with E-state index in [4.69, 9.17) is 4.74 Å². The largest absolute Gasteiger partial charge is 0.459 e. The first-order valence-electron chi connectivity index (χ1n) is 10.4. The van der Waals surface area contributed by atoms with Crippen LogP contribution in [0.3, 0.4) is 0 Å². The van der Waals surface area contributed by atoms with Crippen LogP contribution in [0.1, 0.15) is 38.3 Å². The smallest absolute Gasteiger partial charge is 0.329 e. The number of esters is 1. The number of carbonyl (C=O) groups is 2. The normalized spacial score (nSPS) is 13.0. The summed E-state index contributed by atoms with van der Waals surface area (Å²) in [6.07, 6.45) is 1.50. The summed E-state index contributed by atoms with van der Waals surface area (Å²) in [6.45, 7) is 6.28. The summed E-state index contributed by atoms with van der Waals surface area (Å²) in [7, 11) is 0. The Morgan fingerprint density at radius 3 is 2.47 bits per heavy atom. The third-order valence-electron chi connectivity index (χ3n) is 5.57. The van der Waals surface area contributed by atoms with Crippen LogP contribution in [0.15, 0.2) is 60.0 Å². The van der Waals surface area contributed by atoms with Gasteiger partial charge in [0.05, 0.1) is 0 Å². The van der Waals surface area contributed by atoms with E-state index in [-0.39, 0.29) is 24.4 Å². The van der Waals surface area contributed by atoms with Gasteiger partial charge < -0.3 is 9.64 Å². The minimum atomic E-state index is -0.582. The Bertz CT molecular complexity index is 982. The van der Waals surface area contributed by atoms with Gasteiger partial charge in [0.2, 0.25) is 5.91 Å². The summed E-state index contributed by atoms with van der Waals surface area (Å²) in [5.41, 5.74) is 2.15. The first-order valence-corrected chi connectivity index (χ1v) is 11.3. The van der Waals surface area contributed by atoms with Crippen molar-refractivity contribution in [2.24, 2.45) is 5.92 Å². The first-order chi connectivity index (χ1) is 14.5. The number of fused-ring (bicyclic) bond motifs is 1. The molecular weight excluding hydrogens is 394 g/mol. The highest BCUT2D eigenvalue weighted by molar-refractivity contribution is 7.17. The molecule has 1 aromatic heterocycles. The van der Waals surface area contributed by atoms with Crippen LogP contribution in [-0.2, 0) is 27.4 Å². The van der Waals surface area contributed by atoms with Crippen molar-refractivity contribution in [3.05, 3.63) is 71.1 Å². The summed E-state index contributed by atoms with van der Waals surface area (Å²) in [4.78, 5) is 27.2. The molecule has 0 unspecified atom stereocenters. The lowest BCUT2D eigenvalue weighted by Gasteiger charge is -2.33. The van der Waals surface area contributed by atoms with Gasteiger partial charge in [-0.05, 0) is 40.3 Å². The Balaban J connectivity index is 1.74. The van der Waals surface area contributed by atoms with Gasteiger partial charge in [-0.3, -0.25) is 4.79 Å². The van der Waals surface area contributed by atoms with E-state index in [0.717, 1.165) is 12.0 Å². The molecule has 30 heavy (non-hydrogen) atoms. The molecule has 1 amide bonds. The predicted octanol–water partition coefficient (Wildman–Crippen LogP) is 5.45. The average molecular weight is 424 g/mol. The topological polar surface area (TPSA) is 46.6 Å². The van der Waals surface area contributed by atoms with E-state index >= 15 is 0 Å². The van der Waals surface area contributed by atoms with Crippen molar-refractivity contribution < 1.29 is 14.3 Å². The second-order valence-electron chi connectivity index (χ2n) is 7.64. The van der Waals surface area contributed by atoms with Crippen LogP contribution in [0.5, 0.6) is 0 Å². The molecular formula is C25H29NO3S. The fourth-order valence-corrected chi connectivity index (χ4v) is 4.66. The predicted molar refractivity (Wildman–Crippen MR) is 122 cm³/mol. The van der Waals surface area contributed by atoms with E-state index in [0.29, 0.717) is 13.0 Å². The molecule has 3 aromatic rings. The molecule has 5 heteroatoms. The van der Waals surface area contributed by atoms with E-state index in [9.17, 15) is 9.59 Å². The van der Waals surface area contributed by atoms with E-state index in [1.807, 2.05) is 56.3 Å². The van der Waals surface area contributed by atoms with Crippen LogP contribution in [0.25, 0.3) is 10.1 Å². The standard InChI is InChI=1S/C25H29NO3S/c1-4-18(2)24(25(28)29-16-20-10-6-5-7-11-20)26(19(3)27)15-14-21-17-30-23-13-9-8-12-22(21)23/h5-13,17-18,24H,4,14-16H2,1-3H3/t18-,24-/m0/s1. The van der Waals surface area contributed by atoms with Crippen LogP contribution in [0.4, 0.5) is 0 Å². The summed E-state index contributed by atoms with van der Waals surface area (Å²) >= 11 is 1.71. The van der Waals surface area contributed by atoms with Gasteiger partial charge in [0.1, 0.15) is 12.6 Å². The molecule has 0 aliphatic carbocycles. The van der Waals surface area contributed by atoms with Crippen LogP contribution >= 0.6 is 11.3 Å². The van der Waals surface area contributed by atoms with Crippen molar-refractivity contribution in [1.82, 2.24) is 4.90 Å². The maximum absolute atomic E-state index is 13.0. The van der Waals surface area contributed by atoms with Gasteiger partial charge in [-0.1, -0.05) is 68.8 Å². The number of rotatable bonds is 9. The lowest BCUT2D eigenvalue weighted by atomic mass is 9.96. The molecule has 0 saturated carbocycles. The van der Waals surface area contributed by atoms with E-state index in [1.165, 1.54) is 22.6 Å². The SMILES string of the molecule is CC[C@H](C)[C@@H](C(=O)OCc1ccccc1)N(CCc1csc2ccccc12)C(C)=O. The number of hydrogen-bond donors (Lipinski definition) is 0. The fourth-order valence-electron chi connectivity index (χ4n) is 3.66. The van der Waals surface area contributed by atoms with Gasteiger partial charge in [0, 0.05) is 18.2 Å². The summed E-state index contributed by atoms with van der Waals surface area (Å²) < 4.78 is 6.86. The number of nitrogens with zero attached hydrogens (tertiary/aromatic N) is 1. The van der Waals surface area contributed by atoms with Gasteiger partial charge in [0.15, 0.2) is 0 Å². The lowest BCUT2D eigenvalue weighted by molar-refractivity contribution is -0.158. The minimum absolute atomic E-state index is 0.0105. The van der Waals surface area contributed by atoms with Crippen molar-refractivity contribution in [3.8, 4) is 0 Å². The van der Waals surface area contributed by atoms with Gasteiger partial charge in [-0.15, -0.1) is 11.3 Å². The van der Waals surface area contributed by atoms with Gasteiger partial charge in [-0.25, -0.2) is 4.79 Å². The molecule has 0 N–H and O–H groups in total. The monoisotopic (exact) mass is 423 g/mol. The lowest BCUT2D eigenvalue weighted by Crippen LogP contribution is -2.49. The van der Waals surface area contributed by atoms with Gasteiger partial charge in [0.25, 0.3) is 0 Å². The molecule has 2 atom stereocenters. The number of thiophene rings is 1. The third-order valence-corrected chi connectivity index (χ3v) is 6.58. The van der Waals surface area contributed by atoms with Gasteiger partial charge in [-0.2, -0.15) is 0 Å². The second-order valence-corrected chi connectivity index (χ2v) is 8.55. The second kappa shape index (κ2) is 10.4. The zero-order valence-electron chi connectivity index (χ0n) is 17.8. The average Bonchev–Trinajstić information content (AvgIpc) is 3.18. The van der Waals surface area contributed by atoms with E-state index in [2.05, 4.69) is 17.5 Å². The molecule has 0 saturated heterocycles. The van der Waals surface area contributed by atoms with Crippen LogP contribution in [0, 0.1) is 5.92 Å². The van der Waals surface area contributed by atoms with Crippen molar-refractivity contribution in [1.29, 1.82) is 0 Å². The Morgan fingerprint density at radius 2 is 1.77 bits per heavy atom. The highest BCUT2D eigenvalue weighted by atomic mass is 32.1. The number of ether oxygens (including phenoxy) is 1. The Morgan fingerprint density at radius 1 is 1.07 bits per heavy atom. The summed E-state index contributed by atoms with van der Waals surface area (Å²) in [5.74, 6) is -0.425. The van der Waals surface area contributed by atoms with E-state index < -0.39 is 6.04 Å². The Labute approximate surface area is 182 Å². The van der Waals surface area contributed by atoms with Gasteiger partial charge >= 0.3 is 5.97 Å². The summed E-state index contributed by atoms with van der Waals surface area (Å²) in [6, 6.07) is 17.3. The fraction of sp³-hybridized carbons (Fsp3) is 0.360. The summed E-state index contributed by atoms with van der Waals surface area (Å²) in [5, 5.41) is 3.37. The Hall–Kier alpha value is -2.66. The number of hydrogen-bond acceptors (Lipinski definition) is 4. The van der Waals surface area contributed by atoms with Crippen LogP contribution in [-0.4, -0.2) is 29.4 Å². The van der Waals surface area contributed by atoms with Crippen molar-refractivity contribution in [3.63, 3.8) is 0 Å². The minimum Gasteiger partial charge on any atom is -0.459 e. The number of benzene rings is 2. The molecule has 158 valence electrons. The zero-order valence-corrected chi connectivity index (χ0v) is 18.7. The van der Waals surface area contributed by atoms with Crippen molar-refractivity contribution in [2.75, 3.05) is 6.54 Å². The Kier molecular flexibility index (Phi) is 7.63. The molecule has 0 aliphatic heterocycles. The van der Waals surface area contributed by atoms with Crippen molar-refractivity contribution in [2.45, 2.75) is 46.3 Å². The highest BCUT2D eigenvalue weighted by Crippen LogP contribution is 2.27. The number of carbonyl (C=O) groups excluding carboxylic acids is 2. The van der Waals surface area contributed by atoms with Crippen LogP contribution in [0.2, 0.25) is 0 Å². The molecule has 0 aliphatic rings. The zero-order chi connectivity index (χ0) is 21.5. The highest BCUT2D eigenvalue weighted by Gasteiger charge is 2.33. The quantitative estimate of drug-likeness (QED) is 0.430. The van der Waals surface area contributed by atoms with Crippen LogP contribution < -0.4 is 0 Å². The molecule has 0 bridgehead atoms. The van der Waals surface area contributed by atoms with E-state index in [1.54, 1.807) is 16.2 Å². The molecule has 3 rings (SSSR count). The van der Waals surface area contributed by atoms with Crippen molar-refractivity contribution >= 4 is 33.3 Å². The maximum Gasteiger partial charge on any atom is 0.329 e. The third kappa shape index (κ3) is 5.28. The first kappa shape index (κ1) is 22.0. The molecule has 0 fully saturated rings. The molecule has 4 nitrogen and oxygen atoms in total. The maximum atomic E-state index is 13.0. The molecule has 0 spiro atoms. The molecule has 0 radical (unpaired) electrons.